The Morgan fingerprint density at radius 1 is 1.15 bits per heavy atom. The zero-order valence-electron chi connectivity index (χ0n) is 14.9. The molecule has 1 aliphatic heterocycles. The van der Waals surface area contributed by atoms with Crippen molar-refractivity contribution in [1.29, 1.82) is 0 Å². The first-order valence-corrected chi connectivity index (χ1v) is 9.03. The van der Waals surface area contributed by atoms with Gasteiger partial charge in [-0.2, -0.15) is 0 Å². The summed E-state index contributed by atoms with van der Waals surface area (Å²) < 4.78 is 5.53. The van der Waals surface area contributed by atoms with Gasteiger partial charge in [-0.15, -0.1) is 0 Å². The van der Waals surface area contributed by atoms with Crippen LogP contribution in [0.2, 0.25) is 0 Å². The maximum atomic E-state index is 12.2. The Morgan fingerprint density at radius 3 is 2.38 bits per heavy atom. The van der Waals surface area contributed by atoms with E-state index in [1.54, 1.807) is 24.3 Å². The number of rotatable bonds is 8. The summed E-state index contributed by atoms with van der Waals surface area (Å²) in [6, 6.07) is 19.3. The molecule has 5 heteroatoms. The second-order valence-corrected chi connectivity index (χ2v) is 6.81. The van der Waals surface area contributed by atoms with E-state index in [1.165, 1.54) is 5.56 Å². The smallest absolute Gasteiger partial charge is 0.255 e. The van der Waals surface area contributed by atoms with Crippen molar-refractivity contribution in [2.45, 2.75) is 24.5 Å². The van der Waals surface area contributed by atoms with Gasteiger partial charge in [-0.25, -0.2) is 0 Å². The van der Waals surface area contributed by atoms with Crippen LogP contribution in [0.25, 0.3) is 0 Å². The van der Waals surface area contributed by atoms with Crippen molar-refractivity contribution in [3.8, 4) is 0 Å². The fourth-order valence-electron chi connectivity index (χ4n) is 3.44. The largest absolute Gasteiger partial charge is 0.380 e. The van der Waals surface area contributed by atoms with E-state index in [0.29, 0.717) is 18.8 Å². The van der Waals surface area contributed by atoms with Crippen molar-refractivity contribution in [2.75, 3.05) is 26.3 Å². The van der Waals surface area contributed by atoms with Crippen LogP contribution in [-0.2, 0) is 21.6 Å². The Balaban J connectivity index is 1.80. The number of aliphatic hydroxyl groups is 1. The molecule has 138 valence electrons. The lowest BCUT2D eigenvalue weighted by atomic mass is 9.91. The molecule has 26 heavy (non-hydrogen) atoms. The number of amides is 1. The van der Waals surface area contributed by atoms with E-state index in [4.69, 9.17) is 10.5 Å². The molecule has 2 aromatic carbocycles. The van der Waals surface area contributed by atoms with Gasteiger partial charge in [-0.3, -0.25) is 9.69 Å². The minimum Gasteiger partial charge on any atom is -0.380 e. The number of carbonyl (C=O) groups excluding carboxylic acids is 1. The van der Waals surface area contributed by atoms with E-state index in [2.05, 4.69) is 17.0 Å². The third-order valence-corrected chi connectivity index (χ3v) is 5.04. The van der Waals surface area contributed by atoms with Crippen molar-refractivity contribution < 1.29 is 14.6 Å². The maximum Gasteiger partial charge on any atom is 0.255 e. The van der Waals surface area contributed by atoms with E-state index in [9.17, 15) is 9.90 Å². The minimum atomic E-state index is -1.72. The molecule has 0 aliphatic carbocycles. The molecule has 1 amide bonds. The summed E-state index contributed by atoms with van der Waals surface area (Å²) in [5.41, 5.74) is 5.63. The van der Waals surface area contributed by atoms with E-state index in [0.717, 1.165) is 19.4 Å². The molecule has 3 N–H and O–H groups in total. The number of benzene rings is 2. The molecule has 1 aliphatic rings. The number of hydrogen-bond donors (Lipinski definition) is 2. The molecule has 0 saturated carbocycles. The zero-order chi connectivity index (χ0) is 18.4. The Hall–Kier alpha value is -2.21. The van der Waals surface area contributed by atoms with Crippen LogP contribution < -0.4 is 5.73 Å². The molecule has 3 rings (SSSR count). The van der Waals surface area contributed by atoms with Crippen molar-refractivity contribution in [3.63, 3.8) is 0 Å². The maximum absolute atomic E-state index is 12.2. The molecule has 1 saturated heterocycles. The lowest BCUT2D eigenvalue weighted by molar-refractivity contribution is -0.140. The Labute approximate surface area is 154 Å². The first kappa shape index (κ1) is 18.6. The van der Waals surface area contributed by atoms with Crippen LogP contribution in [0.5, 0.6) is 0 Å². The average molecular weight is 354 g/mol. The van der Waals surface area contributed by atoms with Crippen LogP contribution >= 0.6 is 0 Å². The van der Waals surface area contributed by atoms with Crippen molar-refractivity contribution in [1.82, 2.24) is 4.90 Å². The highest BCUT2D eigenvalue weighted by atomic mass is 16.5. The molecule has 5 nitrogen and oxygen atoms in total. The second-order valence-electron chi connectivity index (χ2n) is 6.81. The third kappa shape index (κ3) is 4.30. The van der Waals surface area contributed by atoms with E-state index in [1.807, 2.05) is 24.3 Å². The second kappa shape index (κ2) is 8.45. The normalized spacial score (nSPS) is 19.4. The monoisotopic (exact) mass is 354 g/mol. The molecule has 2 aromatic rings. The fraction of sp³-hybridized carbons (Fsp3) is 0.381. The SMILES string of the molecule is NC(=O)C(O)(CN(CCc1ccccc1)C1CCOC1)c1ccccc1. The highest BCUT2D eigenvalue weighted by Crippen LogP contribution is 2.25. The number of primary amides is 1. The van der Waals surface area contributed by atoms with E-state index >= 15 is 0 Å². The summed E-state index contributed by atoms with van der Waals surface area (Å²) in [6.45, 7) is 2.19. The van der Waals surface area contributed by atoms with Crippen LogP contribution in [0.4, 0.5) is 0 Å². The van der Waals surface area contributed by atoms with Crippen molar-refractivity contribution in [3.05, 3.63) is 71.8 Å². The Bertz CT molecular complexity index is 702. The van der Waals surface area contributed by atoms with Gasteiger partial charge in [0.25, 0.3) is 5.91 Å². The summed E-state index contributed by atoms with van der Waals surface area (Å²) in [5.74, 6) is -0.729. The summed E-state index contributed by atoms with van der Waals surface area (Å²) in [5, 5.41) is 11.1. The predicted molar refractivity (Wildman–Crippen MR) is 100 cm³/mol. The highest BCUT2D eigenvalue weighted by molar-refractivity contribution is 5.85. The van der Waals surface area contributed by atoms with E-state index in [-0.39, 0.29) is 12.6 Å². The molecule has 2 atom stereocenters. The molecule has 1 fully saturated rings. The molecule has 2 unspecified atom stereocenters. The minimum absolute atomic E-state index is 0.160. The average Bonchev–Trinajstić information content (AvgIpc) is 3.21. The predicted octanol–water partition coefficient (Wildman–Crippen LogP) is 1.69. The Morgan fingerprint density at radius 2 is 1.81 bits per heavy atom. The van der Waals surface area contributed by atoms with Gasteiger partial charge in [0.1, 0.15) is 0 Å². The molecule has 0 aromatic heterocycles. The number of carbonyl (C=O) groups is 1. The Kier molecular flexibility index (Phi) is 6.04. The summed E-state index contributed by atoms with van der Waals surface area (Å²) in [7, 11) is 0. The summed E-state index contributed by atoms with van der Waals surface area (Å²) in [6.07, 6.45) is 1.72. The van der Waals surface area contributed by atoms with Crippen molar-refractivity contribution in [2.24, 2.45) is 5.73 Å². The van der Waals surface area contributed by atoms with Gasteiger partial charge in [0.2, 0.25) is 0 Å². The fourth-order valence-corrected chi connectivity index (χ4v) is 3.44. The van der Waals surface area contributed by atoms with Gasteiger partial charge < -0.3 is 15.6 Å². The van der Waals surface area contributed by atoms with Gasteiger partial charge in [0, 0.05) is 25.7 Å². The van der Waals surface area contributed by atoms with Gasteiger partial charge in [0.15, 0.2) is 5.60 Å². The molecular weight excluding hydrogens is 328 g/mol. The van der Waals surface area contributed by atoms with Crippen LogP contribution in [0.3, 0.4) is 0 Å². The highest BCUT2D eigenvalue weighted by Gasteiger charge is 2.40. The van der Waals surface area contributed by atoms with Gasteiger partial charge in [-0.05, 0) is 24.0 Å². The van der Waals surface area contributed by atoms with Gasteiger partial charge >= 0.3 is 0 Å². The standard InChI is InChI=1S/C21H26N2O3/c22-20(24)21(25,18-9-5-2-6-10-18)16-23(19-12-14-26-15-19)13-11-17-7-3-1-4-8-17/h1-10,19,25H,11-16H2,(H2,22,24). The number of hydrogen-bond acceptors (Lipinski definition) is 4. The number of nitrogens with two attached hydrogens (primary N) is 1. The molecule has 1 heterocycles. The summed E-state index contributed by atoms with van der Waals surface area (Å²) in [4.78, 5) is 14.3. The zero-order valence-corrected chi connectivity index (χ0v) is 14.9. The van der Waals surface area contributed by atoms with Crippen LogP contribution in [0.1, 0.15) is 17.5 Å². The topological polar surface area (TPSA) is 75.8 Å². The number of ether oxygens (including phenoxy) is 1. The molecule has 0 spiro atoms. The lowest BCUT2D eigenvalue weighted by Gasteiger charge is -2.35. The third-order valence-electron chi connectivity index (χ3n) is 5.04. The molecular formula is C21H26N2O3. The first-order valence-electron chi connectivity index (χ1n) is 9.03. The van der Waals surface area contributed by atoms with Crippen LogP contribution in [0, 0.1) is 0 Å². The number of nitrogens with zero attached hydrogens (tertiary/aromatic N) is 1. The quantitative estimate of drug-likeness (QED) is 0.756. The summed E-state index contributed by atoms with van der Waals surface area (Å²) >= 11 is 0. The van der Waals surface area contributed by atoms with Gasteiger partial charge in [0.05, 0.1) is 6.61 Å². The molecule has 0 radical (unpaired) electrons. The van der Waals surface area contributed by atoms with Crippen LogP contribution in [0.15, 0.2) is 60.7 Å². The lowest BCUT2D eigenvalue weighted by Crippen LogP contribution is -2.53. The molecule has 0 bridgehead atoms. The first-order chi connectivity index (χ1) is 12.6. The van der Waals surface area contributed by atoms with Crippen molar-refractivity contribution >= 4 is 5.91 Å². The van der Waals surface area contributed by atoms with Crippen LogP contribution in [-0.4, -0.2) is 48.3 Å². The van der Waals surface area contributed by atoms with E-state index < -0.39 is 11.5 Å². The van der Waals surface area contributed by atoms with Gasteiger partial charge in [-0.1, -0.05) is 60.7 Å².